The summed E-state index contributed by atoms with van der Waals surface area (Å²) < 4.78 is 22.6. The Balaban J connectivity index is 1.85. The molecule has 5 nitrogen and oxygen atoms in total. The van der Waals surface area contributed by atoms with E-state index in [1.165, 1.54) is 11.1 Å². The minimum Gasteiger partial charge on any atom is -0.434 e. The minimum atomic E-state index is -0.630. The Morgan fingerprint density at radius 1 is 0.647 bits per heavy atom. The highest BCUT2D eigenvalue weighted by Crippen LogP contribution is 2.29. The molecule has 0 aliphatic carbocycles. The monoisotopic (exact) mass is 470 g/mol. The molecule has 2 aromatic carbocycles. The second-order valence-electron chi connectivity index (χ2n) is 9.41. The molecule has 5 heteroatoms. The first-order valence-corrected chi connectivity index (χ1v) is 12.5. The first-order valence-electron chi connectivity index (χ1n) is 12.5. The number of benzene rings is 2. The van der Waals surface area contributed by atoms with Crippen LogP contribution in [0.15, 0.2) is 60.7 Å². The van der Waals surface area contributed by atoms with Crippen molar-refractivity contribution in [3.8, 4) is 0 Å². The number of hydrogen-bond acceptors (Lipinski definition) is 5. The van der Waals surface area contributed by atoms with Gasteiger partial charge in [0.2, 0.25) is 0 Å². The second kappa shape index (κ2) is 14.8. The van der Waals surface area contributed by atoms with Crippen LogP contribution in [0, 0.1) is 0 Å². The van der Waals surface area contributed by atoms with Gasteiger partial charge in [0.25, 0.3) is 0 Å². The van der Waals surface area contributed by atoms with Gasteiger partial charge in [0.15, 0.2) is 0 Å². The van der Waals surface area contributed by atoms with Gasteiger partial charge in [-0.2, -0.15) is 0 Å². The lowest BCUT2D eigenvalue weighted by molar-refractivity contribution is 0.0285. The fourth-order valence-electron chi connectivity index (χ4n) is 3.93. The minimum absolute atomic E-state index is 0.237. The number of ether oxygens (including phenoxy) is 4. The highest BCUT2D eigenvalue weighted by Gasteiger charge is 2.29. The van der Waals surface area contributed by atoms with E-state index in [1.54, 1.807) is 0 Å². The molecule has 0 saturated carbocycles. The average Bonchev–Trinajstić information content (AvgIpc) is 2.85. The highest BCUT2D eigenvalue weighted by molar-refractivity contribution is 5.59. The van der Waals surface area contributed by atoms with Gasteiger partial charge in [-0.15, -0.1) is 0 Å². The van der Waals surface area contributed by atoms with Crippen LogP contribution in [0.25, 0.3) is 0 Å². The molecule has 0 amide bonds. The lowest BCUT2D eigenvalue weighted by Crippen LogP contribution is -2.32. The van der Waals surface area contributed by atoms with E-state index in [9.17, 15) is 4.79 Å². The summed E-state index contributed by atoms with van der Waals surface area (Å²) in [5, 5.41) is 0. The van der Waals surface area contributed by atoms with Crippen molar-refractivity contribution < 1.29 is 23.7 Å². The standard InChI is InChI=1S/C29H42O5/c1-5-19-31-23-28(3,25-13-9-7-10-14-25)17-21-33-27(30)34-22-18-29(4,24-32-20-6-2)26-15-11-8-12-16-26/h7-16H,5-6,17-24H2,1-4H3. The van der Waals surface area contributed by atoms with Crippen LogP contribution >= 0.6 is 0 Å². The summed E-state index contributed by atoms with van der Waals surface area (Å²) in [6, 6.07) is 20.5. The second-order valence-corrected chi connectivity index (χ2v) is 9.41. The van der Waals surface area contributed by atoms with E-state index < -0.39 is 6.16 Å². The zero-order valence-corrected chi connectivity index (χ0v) is 21.4. The Kier molecular flexibility index (Phi) is 12.1. The van der Waals surface area contributed by atoms with Gasteiger partial charge < -0.3 is 18.9 Å². The van der Waals surface area contributed by atoms with Crippen LogP contribution in [0.4, 0.5) is 4.79 Å². The number of hydrogen-bond donors (Lipinski definition) is 0. The molecule has 0 aliphatic rings. The summed E-state index contributed by atoms with van der Waals surface area (Å²) in [6.07, 6.45) is 2.62. The third-order valence-electron chi connectivity index (χ3n) is 6.23. The fourth-order valence-corrected chi connectivity index (χ4v) is 3.93. The van der Waals surface area contributed by atoms with E-state index in [1.807, 2.05) is 36.4 Å². The van der Waals surface area contributed by atoms with Crippen molar-refractivity contribution in [1.82, 2.24) is 0 Å². The Hall–Kier alpha value is -2.37. The van der Waals surface area contributed by atoms with Crippen molar-refractivity contribution in [3.63, 3.8) is 0 Å². The van der Waals surface area contributed by atoms with Crippen LogP contribution in [-0.4, -0.2) is 45.8 Å². The molecule has 0 aromatic heterocycles. The number of carbonyl (C=O) groups excluding carboxylic acids is 1. The molecule has 0 heterocycles. The summed E-state index contributed by atoms with van der Waals surface area (Å²) in [7, 11) is 0. The van der Waals surface area contributed by atoms with E-state index in [0.29, 0.717) is 39.3 Å². The summed E-state index contributed by atoms with van der Waals surface area (Å²) in [4.78, 5) is 12.3. The summed E-state index contributed by atoms with van der Waals surface area (Å²) in [5.41, 5.74) is 1.88. The smallest absolute Gasteiger partial charge is 0.434 e. The van der Waals surface area contributed by atoms with Crippen LogP contribution in [0.5, 0.6) is 0 Å². The molecule has 0 aliphatic heterocycles. The Bertz CT molecular complexity index is 742. The molecule has 34 heavy (non-hydrogen) atoms. The van der Waals surface area contributed by atoms with E-state index in [0.717, 1.165) is 12.8 Å². The van der Waals surface area contributed by atoms with E-state index in [-0.39, 0.29) is 24.0 Å². The molecule has 0 bridgehead atoms. The summed E-state index contributed by atoms with van der Waals surface area (Å²) in [6.45, 7) is 11.6. The lowest BCUT2D eigenvalue weighted by atomic mass is 9.80. The zero-order valence-electron chi connectivity index (χ0n) is 21.4. The molecule has 188 valence electrons. The van der Waals surface area contributed by atoms with Crippen LogP contribution in [0.1, 0.15) is 64.5 Å². The van der Waals surface area contributed by atoms with Crippen molar-refractivity contribution in [1.29, 1.82) is 0 Å². The lowest BCUT2D eigenvalue weighted by Gasteiger charge is -2.30. The quantitative estimate of drug-likeness (QED) is 0.202. The molecule has 2 atom stereocenters. The van der Waals surface area contributed by atoms with Crippen molar-refractivity contribution in [2.75, 3.05) is 39.6 Å². The van der Waals surface area contributed by atoms with Gasteiger partial charge in [-0.25, -0.2) is 4.79 Å². The van der Waals surface area contributed by atoms with Gasteiger partial charge in [0, 0.05) is 24.0 Å². The topological polar surface area (TPSA) is 54.0 Å². The third-order valence-corrected chi connectivity index (χ3v) is 6.23. The Morgan fingerprint density at radius 2 is 1.03 bits per heavy atom. The first kappa shape index (κ1) is 27.9. The molecule has 2 unspecified atom stereocenters. The molecule has 0 spiro atoms. The maximum atomic E-state index is 12.3. The van der Waals surface area contributed by atoms with Gasteiger partial charge in [-0.1, -0.05) is 88.4 Å². The van der Waals surface area contributed by atoms with E-state index in [4.69, 9.17) is 18.9 Å². The van der Waals surface area contributed by atoms with Gasteiger partial charge >= 0.3 is 6.16 Å². The molecular formula is C29H42O5. The largest absolute Gasteiger partial charge is 0.508 e. The molecule has 0 radical (unpaired) electrons. The average molecular weight is 471 g/mol. The van der Waals surface area contributed by atoms with Gasteiger partial charge in [-0.05, 0) is 36.8 Å². The molecule has 2 rings (SSSR count). The Morgan fingerprint density at radius 3 is 1.38 bits per heavy atom. The van der Waals surface area contributed by atoms with E-state index >= 15 is 0 Å². The predicted octanol–water partition coefficient (Wildman–Crippen LogP) is 6.69. The molecular weight excluding hydrogens is 428 g/mol. The van der Waals surface area contributed by atoms with E-state index in [2.05, 4.69) is 52.0 Å². The van der Waals surface area contributed by atoms with Crippen molar-refractivity contribution in [2.24, 2.45) is 0 Å². The number of rotatable bonds is 16. The summed E-state index contributed by atoms with van der Waals surface area (Å²) >= 11 is 0. The number of carbonyl (C=O) groups is 1. The third kappa shape index (κ3) is 9.11. The predicted molar refractivity (Wildman–Crippen MR) is 136 cm³/mol. The first-order chi connectivity index (χ1) is 16.4. The maximum absolute atomic E-state index is 12.3. The fraction of sp³-hybridized carbons (Fsp3) is 0.552. The molecule has 2 aromatic rings. The van der Waals surface area contributed by atoms with Crippen molar-refractivity contribution in [2.45, 2.75) is 64.2 Å². The van der Waals surface area contributed by atoms with Crippen molar-refractivity contribution >= 4 is 6.16 Å². The van der Waals surface area contributed by atoms with Crippen LogP contribution in [0.3, 0.4) is 0 Å². The van der Waals surface area contributed by atoms with Gasteiger partial charge in [0.1, 0.15) is 0 Å². The van der Waals surface area contributed by atoms with Crippen LogP contribution in [-0.2, 0) is 29.8 Å². The SMILES string of the molecule is CCCOCC(C)(CCOC(=O)OCCC(C)(COCCC)c1ccccc1)c1ccccc1. The molecule has 0 fully saturated rings. The molecule has 0 saturated heterocycles. The zero-order chi connectivity index (χ0) is 24.7. The summed E-state index contributed by atoms with van der Waals surface area (Å²) in [5.74, 6) is 0. The Labute approximate surface area is 205 Å². The van der Waals surface area contributed by atoms with Gasteiger partial charge in [-0.3, -0.25) is 0 Å². The molecule has 0 N–H and O–H groups in total. The van der Waals surface area contributed by atoms with Crippen LogP contribution < -0.4 is 0 Å². The maximum Gasteiger partial charge on any atom is 0.508 e. The highest BCUT2D eigenvalue weighted by atomic mass is 16.7. The van der Waals surface area contributed by atoms with Gasteiger partial charge in [0.05, 0.1) is 26.4 Å². The van der Waals surface area contributed by atoms with Crippen LogP contribution in [0.2, 0.25) is 0 Å². The normalized spacial score (nSPS) is 14.7. The van der Waals surface area contributed by atoms with Crippen molar-refractivity contribution in [3.05, 3.63) is 71.8 Å².